The molecule has 0 bridgehead atoms. The standard InChI is InChI=1S/C24H33N3O6/c1-5-32-21(29)19(14-16-10-7-6-8-11-16)27-20(28)15-18-17(12-9-13-26(18)23(27)31)25-22(30)33-24(2,3)4/h6-8,10-11,17-19H,5,9,12-15H2,1-4H3,(H,25,30)/t17-,18+,19-/m0/s1. The number of amides is 4. The molecule has 0 saturated carbocycles. The number of nitrogens with one attached hydrogen (secondary N) is 1. The van der Waals surface area contributed by atoms with Crippen molar-refractivity contribution in [3.63, 3.8) is 0 Å². The minimum atomic E-state index is -1.05. The van der Waals surface area contributed by atoms with Crippen LogP contribution in [0.4, 0.5) is 9.59 Å². The molecule has 2 aliphatic rings. The van der Waals surface area contributed by atoms with Crippen LogP contribution in [0.15, 0.2) is 30.3 Å². The Labute approximate surface area is 194 Å². The molecule has 2 heterocycles. The lowest BCUT2D eigenvalue weighted by Crippen LogP contribution is -2.67. The molecular formula is C24H33N3O6. The SMILES string of the molecule is CCOC(=O)[C@H](Cc1ccccc1)N1C(=O)C[C@@H]2[C@@H](NC(=O)OC(C)(C)C)CCCN2C1=O. The smallest absolute Gasteiger partial charge is 0.407 e. The Morgan fingerprint density at radius 1 is 1.18 bits per heavy atom. The van der Waals surface area contributed by atoms with Gasteiger partial charge in [-0.1, -0.05) is 30.3 Å². The van der Waals surface area contributed by atoms with Crippen LogP contribution in [0.25, 0.3) is 0 Å². The van der Waals surface area contributed by atoms with Crippen molar-refractivity contribution in [2.24, 2.45) is 0 Å². The van der Waals surface area contributed by atoms with Crippen LogP contribution >= 0.6 is 0 Å². The third-order valence-electron chi connectivity index (χ3n) is 5.73. The average Bonchev–Trinajstić information content (AvgIpc) is 2.73. The normalized spacial score (nSPS) is 21.8. The van der Waals surface area contributed by atoms with E-state index in [9.17, 15) is 19.2 Å². The molecule has 0 aliphatic carbocycles. The highest BCUT2D eigenvalue weighted by molar-refractivity contribution is 6.01. The summed E-state index contributed by atoms with van der Waals surface area (Å²) in [6.07, 6.45) is 0.900. The highest BCUT2D eigenvalue weighted by Gasteiger charge is 2.48. The van der Waals surface area contributed by atoms with E-state index in [1.165, 1.54) is 0 Å². The molecule has 33 heavy (non-hydrogen) atoms. The van der Waals surface area contributed by atoms with Gasteiger partial charge < -0.3 is 19.7 Å². The molecule has 3 atom stereocenters. The lowest BCUT2D eigenvalue weighted by Gasteiger charge is -2.47. The molecule has 2 aliphatic heterocycles. The zero-order valence-electron chi connectivity index (χ0n) is 19.7. The van der Waals surface area contributed by atoms with Crippen LogP contribution in [0.1, 0.15) is 52.5 Å². The first-order valence-corrected chi connectivity index (χ1v) is 11.4. The predicted molar refractivity (Wildman–Crippen MR) is 120 cm³/mol. The fourth-order valence-corrected chi connectivity index (χ4v) is 4.36. The predicted octanol–water partition coefficient (Wildman–Crippen LogP) is 2.87. The van der Waals surface area contributed by atoms with Gasteiger partial charge in [-0.3, -0.25) is 4.79 Å². The Morgan fingerprint density at radius 2 is 1.88 bits per heavy atom. The van der Waals surface area contributed by atoms with Crippen LogP contribution in [0.5, 0.6) is 0 Å². The lowest BCUT2D eigenvalue weighted by molar-refractivity contribution is -0.155. The summed E-state index contributed by atoms with van der Waals surface area (Å²) in [6, 6.07) is 6.76. The summed E-state index contributed by atoms with van der Waals surface area (Å²) in [7, 11) is 0. The summed E-state index contributed by atoms with van der Waals surface area (Å²) >= 11 is 0. The van der Waals surface area contributed by atoms with Crippen molar-refractivity contribution < 1.29 is 28.7 Å². The maximum atomic E-state index is 13.4. The van der Waals surface area contributed by atoms with Crippen molar-refractivity contribution in [3.05, 3.63) is 35.9 Å². The molecule has 1 aromatic carbocycles. The number of piperidine rings is 1. The van der Waals surface area contributed by atoms with E-state index in [1.807, 2.05) is 30.3 Å². The molecule has 0 aromatic heterocycles. The van der Waals surface area contributed by atoms with Crippen molar-refractivity contribution in [2.45, 2.75) is 77.1 Å². The highest BCUT2D eigenvalue weighted by Crippen LogP contribution is 2.29. The van der Waals surface area contributed by atoms with Gasteiger partial charge in [-0.05, 0) is 46.1 Å². The molecule has 9 nitrogen and oxygen atoms in total. The largest absolute Gasteiger partial charge is 0.464 e. The third kappa shape index (κ3) is 6.03. The number of imide groups is 1. The number of benzene rings is 1. The number of hydrogen-bond acceptors (Lipinski definition) is 6. The molecule has 9 heteroatoms. The molecule has 0 radical (unpaired) electrons. The molecule has 1 aromatic rings. The number of rotatable bonds is 6. The Balaban J connectivity index is 1.80. The van der Waals surface area contributed by atoms with Crippen LogP contribution in [0, 0.1) is 0 Å². The second-order valence-corrected chi connectivity index (χ2v) is 9.36. The van der Waals surface area contributed by atoms with Crippen LogP contribution in [0.2, 0.25) is 0 Å². The van der Waals surface area contributed by atoms with E-state index in [1.54, 1.807) is 32.6 Å². The van der Waals surface area contributed by atoms with Gasteiger partial charge in [-0.25, -0.2) is 19.3 Å². The Hall–Kier alpha value is -3.10. The first-order valence-electron chi connectivity index (χ1n) is 11.4. The number of carbonyl (C=O) groups is 4. The van der Waals surface area contributed by atoms with Crippen LogP contribution in [0.3, 0.4) is 0 Å². The summed E-state index contributed by atoms with van der Waals surface area (Å²) in [4.78, 5) is 54.4. The minimum Gasteiger partial charge on any atom is -0.464 e. The van der Waals surface area contributed by atoms with Gasteiger partial charge in [0.2, 0.25) is 5.91 Å². The van der Waals surface area contributed by atoms with Gasteiger partial charge in [0.15, 0.2) is 0 Å². The minimum absolute atomic E-state index is 0.0108. The monoisotopic (exact) mass is 459 g/mol. The molecular weight excluding hydrogens is 426 g/mol. The molecule has 4 amide bonds. The first kappa shape index (κ1) is 24.5. The molecule has 3 rings (SSSR count). The number of alkyl carbamates (subject to hydrolysis) is 1. The summed E-state index contributed by atoms with van der Waals surface area (Å²) in [6.45, 7) is 7.59. The second kappa shape index (κ2) is 10.2. The van der Waals surface area contributed by atoms with Gasteiger partial charge in [0, 0.05) is 19.4 Å². The summed E-state index contributed by atoms with van der Waals surface area (Å²) in [5.74, 6) is -1.06. The van der Waals surface area contributed by atoms with E-state index >= 15 is 0 Å². The van der Waals surface area contributed by atoms with Gasteiger partial charge in [0.1, 0.15) is 11.6 Å². The number of urea groups is 1. The first-order chi connectivity index (χ1) is 15.6. The molecule has 0 unspecified atom stereocenters. The Morgan fingerprint density at radius 3 is 2.52 bits per heavy atom. The summed E-state index contributed by atoms with van der Waals surface area (Å²) < 4.78 is 10.6. The van der Waals surface area contributed by atoms with E-state index < -0.39 is 47.7 Å². The number of hydrogen-bond donors (Lipinski definition) is 1. The van der Waals surface area contributed by atoms with Gasteiger partial charge >= 0.3 is 18.1 Å². The Bertz CT molecular complexity index is 882. The van der Waals surface area contributed by atoms with Crippen molar-refractivity contribution in [2.75, 3.05) is 13.2 Å². The van der Waals surface area contributed by atoms with E-state index in [0.717, 1.165) is 10.5 Å². The van der Waals surface area contributed by atoms with Crippen LogP contribution in [-0.4, -0.2) is 70.7 Å². The topological polar surface area (TPSA) is 105 Å². The zero-order chi connectivity index (χ0) is 24.2. The lowest BCUT2D eigenvalue weighted by atomic mass is 9.91. The van der Waals surface area contributed by atoms with E-state index in [-0.39, 0.29) is 19.4 Å². The highest BCUT2D eigenvalue weighted by atomic mass is 16.6. The molecule has 180 valence electrons. The third-order valence-corrected chi connectivity index (χ3v) is 5.73. The molecule has 0 spiro atoms. The van der Waals surface area contributed by atoms with Gasteiger partial charge in [0.05, 0.1) is 18.7 Å². The van der Waals surface area contributed by atoms with E-state index in [0.29, 0.717) is 19.4 Å². The van der Waals surface area contributed by atoms with Crippen molar-refractivity contribution >= 4 is 24.0 Å². The van der Waals surface area contributed by atoms with Crippen LogP contribution < -0.4 is 5.32 Å². The van der Waals surface area contributed by atoms with Crippen LogP contribution in [-0.2, 0) is 25.5 Å². The van der Waals surface area contributed by atoms with E-state index in [2.05, 4.69) is 5.32 Å². The molecule has 2 fully saturated rings. The number of nitrogens with zero attached hydrogens (tertiary/aromatic N) is 2. The molecule has 1 N–H and O–H groups in total. The van der Waals surface area contributed by atoms with Gasteiger partial charge in [-0.15, -0.1) is 0 Å². The average molecular weight is 460 g/mol. The second-order valence-electron chi connectivity index (χ2n) is 9.36. The maximum absolute atomic E-state index is 13.4. The van der Waals surface area contributed by atoms with E-state index in [4.69, 9.17) is 9.47 Å². The van der Waals surface area contributed by atoms with Gasteiger partial charge in [-0.2, -0.15) is 0 Å². The van der Waals surface area contributed by atoms with Crippen molar-refractivity contribution in [1.29, 1.82) is 0 Å². The van der Waals surface area contributed by atoms with Crippen molar-refractivity contribution in [1.82, 2.24) is 15.1 Å². The quantitative estimate of drug-likeness (QED) is 0.656. The summed E-state index contributed by atoms with van der Waals surface area (Å²) in [5, 5.41) is 2.83. The Kier molecular flexibility index (Phi) is 7.61. The zero-order valence-corrected chi connectivity index (χ0v) is 19.7. The summed E-state index contributed by atoms with van der Waals surface area (Å²) in [5.41, 5.74) is 0.166. The number of fused-ring (bicyclic) bond motifs is 1. The molecule has 2 saturated heterocycles. The fraction of sp³-hybridized carbons (Fsp3) is 0.583. The number of esters is 1. The fourth-order valence-electron chi connectivity index (χ4n) is 4.36. The van der Waals surface area contributed by atoms with Crippen molar-refractivity contribution in [3.8, 4) is 0 Å². The van der Waals surface area contributed by atoms with Gasteiger partial charge in [0.25, 0.3) is 0 Å². The maximum Gasteiger partial charge on any atom is 0.407 e. The number of carbonyl (C=O) groups excluding carboxylic acids is 4. The number of ether oxygens (including phenoxy) is 2.